The molecule has 1 saturated carbocycles. The van der Waals surface area contributed by atoms with Crippen molar-refractivity contribution in [3.05, 3.63) is 46.3 Å². The zero-order chi connectivity index (χ0) is 22.7. The van der Waals surface area contributed by atoms with Crippen molar-refractivity contribution >= 4 is 11.6 Å². The lowest BCUT2D eigenvalue weighted by molar-refractivity contribution is 0.145. The fourth-order valence-corrected chi connectivity index (χ4v) is 4.00. The summed E-state index contributed by atoms with van der Waals surface area (Å²) in [6, 6.07) is 1.39. The Labute approximate surface area is 187 Å². The first-order chi connectivity index (χ1) is 15.3. The van der Waals surface area contributed by atoms with Crippen molar-refractivity contribution in [1.29, 1.82) is 0 Å². The molecule has 8 nitrogen and oxygen atoms in total. The molecule has 0 radical (unpaired) electrons. The van der Waals surface area contributed by atoms with Crippen molar-refractivity contribution < 1.29 is 8.78 Å². The van der Waals surface area contributed by atoms with Crippen LogP contribution in [0, 0.1) is 13.8 Å². The molecular weight excluding hydrogens is 438 g/mol. The number of hydrogen-bond acceptors (Lipinski definition) is 5. The fraction of sp³-hybridized carbons (Fsp3) is 0.381. The van der Waals surface area contributed by atoms with E-state index in [1.807, 2.05) is 27.9 Å². The number of nitrogens with zero attached hydrogens (tertiary/aromatic N) is 8. The van der Waals surface area contributed by atoms with Gasteiger partial charge in [0.15, 0.2) is 0 Å². The first kappa shape index (κ1) is 20.7. The standard InChI is InChI=1S/C21H21ClF2N8/c1-10-13(8-25-30(10)3)18-17(22)19(14-9-26-31(4)11(14)2)32(29-18)21-27-15(12-5-6-12)7-16(28-21)20(23)24/h7-9,12,20H,5-6H2,1-4H3. The van der Waals surface area contributed by atoms with Gasteiger partial charge in [-0.25, -0.2) is 18.7 Å². The lowest BCUT2D eigenvalue weighted by Gasteiger charge is -2.10. The van der Waals surface area contributed by atoms with Crippen LogP contribution in [-0.4, -0.2) is 39.3 Å². The van der Waals surface area contributed by atoms with E-state index in [-0.39, 0.29) is 17.6 Å². The molecule has 166 valence electrons. The topological polar surface area (TPSA) is 79.2 Å². The molecule has 5 rings (SSSR count). The minimum atomic E-state index is -2.72. The van der Waals surface area contributed by atoms with E-state index in [4.69, 9.17) is 16.7 Å². The Hall–Kier alpha value is -3.14. The van der Waals surface area contributed by atoms with Crippen LogP contribution in [0.15, 0.2) is 18.5 Å². The van der Waals surface area contributed by atoms with E-state index in [0.717, 1.165) is 35.4 Å². The Bertz CT molecular complexity index is 1310. The van der Waals surface area contributed by atoms with E-state index in [1.54, 1.807) is 21.8 Å². The minimum absolute atomic E-state index is 0.0673. The second-order valence-corrected chi connectivity index (χ2v) is 8.43. The largest absolute Gasteiger partial charge is 0.280 e. The van der Waals surface area contributed by atoms with Crippen LogP contribution in [0.4, 0.5) is 8.78 Å². The van der Waals surface area contributed by atoms with Gasteiger partial charge in [-0.2, -0.15) is 20.0 Å². The van der Waals surface area contributed by atoms with E-state index in [2.05, 4.69) is 20.2 Å². The summed E-state index contributed by atoms with van der Waals surface area (Å²) < 4.78 is 32.2. The highest BCUT2D eigenvalue weighted by atomic mass is 35.5. The minimum Gasteiger partial charge on any atom is -0.272 e. The maximum absolute atomic E-state index is 13.7. The molecule has 0 atom stereocenters. The molecule has 0 amide bonds. The van der Waals surface area contributed by atoms with Crippen molar-refractivity contribution in [2.45, 2.75) is 39.0 Å². The van der Waals surface area contributed by atoms with Crippen molar-refractivity contribution in [2.75, 3.05) is 0 Å². The summed E-state index contributed by atoms with van der Waals surface area (Å²) in [5.41, 5.74) is 4.43. The zero-order valence-electron chi connectivity index (χ0n) is 18.0. The van der Waals surface area contributed by atoms with Gasteiger partial charge in [0.25, 0.3) is 12.4 Å². The van der Waals surface area contributed by atoms with Crippen molar-refractivity contribution in [3.8, 4) is 28.5 Å². The van der Waals surface area contributed by atoms with Crippen molar-refractivity contribution in [3.63, 3.8) is 0 Å². The monoisotopic (exact) mass is 458 g/mol. The van der Waals surface area contributed by atoms with E-state index < -0.39 is 6.43 Å². The Morgan fingerprint density at radius 1 is 1.00 bits per heavy atom. The molecular formula is C21H21ClF2N8. The second-order valence-electron chi connectivity index (χ2n) is 8.05. The summed E-state index contributed by atoms with van der Waals surface area (Å²) in [6.07, 6.45) is 2.48. The maximum atomic E-state index is 13.7. The summed E-state index contributed by atoms with van der Waals surface area (Å²) in [6.45, 7) is 3.81. The molecule has 0 aromatic carbocycles. The number of aromatic nitrogens is 8. The van der Waals surface area contributed by atoms with Crippen molar-refractivity contribution in [1.82, 2.24) is 39.3 Å². The highest BCUT2D eigenvalue weighted by molar-refractivity contribution is 6.35. The van der Waals surface area contributed by atoms with Crippen LogP contribution in [-0.2, 0) is 14.1 Å². The van der Waals surface area contributed by atoms with Gasteiger partial charge < -0.3 is 0 Å². The van der Waals surface area contributed by atoms with E-state index in [0.29, 0.717) is 22.1 Å². The lowest BCUT2D eigenvalue weighted by Crippen LogP contribution is -2.09. The number of alkyl halides is 2. The Kier molecular flexibility index (Phi) is 4.85. The van der Waals surface area contributed by atoms with Crippen LogP contribution < -0.4 is 0 Å². The van der Waals surface area contributed by atoms with Gasteiger partial charge in [-0.05, 0) is 32.8 Å². The SMILES string of the molecule is Cc1c(-c2nn(-c3nc(C(F)F)cc(C4CC4)n3)c(-c3cnn(C)c3C)c2Cl)cnn1C. The van der Waals surface area contributed by atoms with Gasteiger partial charge in [-0.3, -0.25) is 9.36 Å². The summed E-state index contributed by atoms with van der Waals surface area (Å²) in [7, 11) is 3.64. The van der Waals surface area contributed by atoms with Crippen LogP contribution >= 0.6 is 11.6 Å². The first-order valence-corrected chi connectivity index (χ1v) is 10.6. The first-order valence-electron chi connectivity index (χ1n) is 10.2. The van der Waals surface area contributed by atoms with Gasteiger partial charge >= 0.3 is 0 Å². The van der Waals surface area contributed by atoms with E-state index in [1.165, 1.54) is 10.7 Å². The zero-order valence-corrected chi connectivity index (χ0v) is 18.8. The average Bonchev–Trinajstić information content (AvgIpc) is 3.42. The molecule has 32 heavy (non-hydrogen) atoms. The number of rotatable bonds is 5. The van der Waals surface area contributed by atoms with Gasteiger partial charge in [0.1, 0.15) is 17.1 Å². The van der Waals surface area contributed by atoms with Gasteiger partial charge in [0.2, 0.25) is 0 Å². The van der Waals surface area contributed by atoms with E-state index >= 15 is 0 Å². The third-order valence-corrected chi connectivity index (χ3v) is 6.33. The number of aryl methyl sites for hydroxylation is 2. The molecule has 11 heteroatoms. The molecule has 0 aliphatic heterocycles. The maximum Gasteiger partial charge on any atom is 0.280 e. The summed E-state index contributed by atoms with van der Waals surface area (Å²) in [4.78, 5) is 8.74. The molecule has 0 bridgehead atoms. The second kappa shape index (κ2) is 7.47. The van der Waals surface area contributed by atoms with Gasteiger partial charge in [0, 0.05) is 48.2 Å². The van der Waals surface area contributed by atoms with E-state index in [9.17, 15) is 8.78 Å². The van der Waals surface area contributed by atoms with Crippen LogP contribution in [0.1, 0.15) is 48.0 Å². The molecule has 4 heterocycles. The van der Waals surface area contributed by atoms with Gasteiger partial charge in [-0.1, -0.05) is 11.6 Å². The highest BCUT2D eigenvalue weighted by Gasteiger charge is 2.30. The number of hydrogen-bond donors (Lipinski definition) is 0. The van der Waals surface area contributed by atoms with Crippen LogP contribution in [0.25, 0.3) is 28.5 Å². The third-order valence-electron chi connectivity index (χ3n) is 5.97. The highest BCUT2D eigenvalue weighted by Crippen LogP contribution is 2.42. The number of halogens is 3. The summed E-state index contributed by atoms with van der Waals surface area (Å²) in [5.74, 6) is 0.238. The Morgan fingerprint density at radius 2 is 1.62 bits per heavy atom. The molecule has 1 aliphatic rings. The smallest absolute Gasteiger partial charge is 0.272 e. The molecule has 0 unspecified atom stereocenters. The molecule has 4 aromatic heterocycles. The molecule has 1 fully saturated rings. The Morgan fingerprint density at radius 3 is 2.16 bits per heavy atom. The normalized spacial score (nSPS) is 14.0. The molecule has 1 aliphatic carbocycles. The van der Waals surface area contributed by atoms with Crippen LogP contribution in [0.2, 0.25) is 5.02 Å². The third kappa shape index (κ3) is 3.29. The molecule has 0 saturated heterocycles. The lowest BCUT2D eigenvalue weighted by atomic mass is 10.1. The molecule has 0 N–H and O–H groups in total. The van der Waals surface area contributed by atoms with Crippen molar-refractivity contribution in [2.24, 2.45) is 14.1 Å². The predicted molar refractivity (Wildman–Crippen MR) is 115 cm³/mol. The molecule has 4 aromatic rings. The summed E-state index contributed by atoms with van der Waals surface area (Å²) >= 11 is 6.87. The Balaban J connectivity index is 1.79. The van der Waals surface area contributed by atoms with Crippen LogP contribution in [0.5, 0.6) is 0 Å². The van der Waals surface area contributed by atoms with Gasteiger partial charge in [-0.15, -0.1) is 0 Å². The van der Waals surface area contributed by atoms with Gasteiger partial charge in [0.05, 0.1) is 17.4 Å². The molecule has 0 spiro atoms. The summed E-state index contributed by atoms with van der Waals surface area (Å²) in [5, 5.41) is 13.7. The predicted octanol–water partition coefficient (Wildman–Crippen LogP) is 4.55. The average molecular weight is 459 g/mol. The fourth-order valence-electron chi connectivity index (χ4n) is 3.68. The van der Waals surface area contributed by atoms with Crippen LogP contribution in [0.3, 0.4) is 0 Å². The quantitative estimate of drug-likeness (QED) is 0.438.